The Hall–Kier alpha value is -15.4. The summed E-state index contributed by atoms with van der Waals surface area (Å²) in [5, 5.41) is 17.4. The van der Waals surface area contributed by atoms with E-state index in [0.29, 0.717) is 80.4 Å². The van der Waals surface area contributed by atoms with E-state index in [1.54, 1.807) is 99.6 Å². The van der Waals surface area contributed by atoms with Crippen molar-refractivity contribution >= 4 is 110 Å². The zero-order chi connectivity index (χ0) is 89.8. The predicted molar refractivity (Wildman–Crippen MR) is 475 cm³/mol. The van der Waals surface area contributed by atoms with E-state index in [2.05, 4.69) is 162 Å². The number of nitrogen functional groups attached to an aromatic ring is 1. The van der Waals surface area contributed by atoms with Gasteiger partial charge in [0.05, 0.1) is 61.7 Å². The number of H-pyrrole nitrogens is 4. The van der Waals surface area contributed by atoms with Gasteiger partial charge in [0.15, 0.2) is 27.9 Å². The molecular weight excluding hydrogens is 1730 g/mol. The number of anilines is 9. The number of methoxy groups -OCH3 is 3. The van der Waals surface area contributed by atoms with Crippen LogP contribution in [-0.4, -0.2) is 172 Å². The molecule has 0 saturated heterocycles. The zero-order valence-corrected chi connectivity index (χ0v) is 70.0. The van der Waals surface area contributed by atoms with Crippen LogP contribution in [0.2, 0.25) is 0 Å². The van der Waals surface area contributed by atoms with Crippen molar-refractivity contribution in [3.05, 3.63) is 234 Å². The molecular formula is C81H103BrN30O16. The van der Waals surface area contributed by atoms with E-state index in [1.807, 2.05) is 0 Å². The van der Waals surface area contributed by atoms with E-state index in [4.69, 9.17) is 11.5 Å². The number of primary amides is 1. The van der Waals surface area contributed by atoms with Gasteiger partial charge in [-0.05, 0) is 152 Å². The largest absolute Gasteiger partial charge is 0.464 e. The van der Waals surface area contributed by atoms with Gasteiger partial charge >= 0.3 is 17.9 Å². The Bertz CT molecular complexity index is 5880. The summed E-state index contributed by atoms with van der Waals surface area (Å²) < 4.78 is 16.8. The van der Waals surface area contributed by atoms with Crippen LogP contribution in [0.25, 0.3) is 0 Å². The summed E-state index contributed by atoms with van der Waals surface area (Å²) in [6.45, 7) is 9.87. The highest BCUT2D eigenvalue weighted by atomic mass is 79.9. The van der Waals surface area contributed by atoms with Crippen LogP contribution >= 0.6 is 15.9 Å². The van der Waals surface area contributed by atoms with Crippen molar-refractivity contribution in [3.8, 4) is 0 Å². The lowest BCUT2D eigenvalue weighted by atomic mass is 9.89. The van der Waals surface area contributed by atoms with Gasteiger partial charge < -0.3 is 77.5 Å². The molecule has 0 aromatic carbocycles. The summed E-state index contributed by atoms with van der Waals surface area (Å²) in [5.74, 6) is 0.254. The molecule has 0 unspecified atom stereocenters. The number of ketones is 1. The SMILES string of the molecule is C.C.C.C.COC(=O)c1[nH]c(=O)c(Br)nc1C.COC(=O)c1[nH]c(=O)c(Nc2ccncn2)nc1C.COC(=O)c1[nH]c(=O)cnc1C.Cc1nc(Nc2ccncn2)c(=O)[nH]c1C(N)=O.Cc1nc(Nc2ccncn2)c(=O)n2c1C(=O)NC21CCCCC1.Cc1nc(Nc2ccncn2)c(=O)n2c1C(=O)NC21CCCCC1.Nc1ccncn1.O=C1CCCCC1. The quantitative estimate of drug-likeness (QED) is 0.0413. The second kappa shape index (κ2) is 48.6. The molecule has 0 bridgehead atoms. The number of aryl methyl sites for hydroxylation is 6. The van der Waals surface area contributed by atoms with Crippen molar-refractivity contribution in [1.29, 1.82) is 0 Å². The molecule has 13 heterocycles. The number of hydrogen-bond acceptors (Lipinski definition) is 37. The van der Waals surface area contributed by atoms with E-state index >= 15 is 0 Å². The number of halogens is 1. The monoisotopic (exact) mass is 1830 g/mol. The molecule has 0 radical (unpaired) electrons. The Morgan fingerprint density at radius 1 is 0.406 bits per heavy atom. The number of nitrogens with zero attached hydrogens (tertiary/aromatic N) is 18. The van der Waals surface area contributed by atoms with E-state index in [9.17, 15) is 62.3 Å². The number of hydrogen-bond donors (Lipinski definition) is 12. The number of nitrogens with two attached hydrogens (primary N) is 2. The smallest absolute Gasteiger partial charge is 0.356 e. The molecule has 14 N–H and O–H groups in total. The molecule has 3 aliphatic carbocycles. The van der Waals surface area contributed by atoms with Gasteiger partial charge in [0.2, 0.25) is 0 Å². The van der Waals surface area contributed by atoms with Crippen LogP contribution < -0.4 is 76.7 Å². The van der Waals surface area contributed by atoms with Crippen molar-refractivity contribution in [2.24, 2.45) is 5.73 Å². The predicted octanol–water partition coefficient (Wildman–Crippen LogP) is 7.62. The Morgan fingerprint density at radius 3 is 1.06 bits per heavy atom. The minimum Gasteiger partial charge on any atom is -0.464 e. The van der Waals surface area contributed by atoms with Crippen LogP contribution in [-0.2, 0) is 30.3 Å². The third-order valence-electron chi connectivity index (χ3n) is 18.8. The van der Waals surface area contributed by atoms with Crippen LogP contribution in [0.3, 0.4) is 0 Å². The Balaban J connectivity index is 0.000000266. The Kier molecular flexibility index (Phi) is 39.2. The first-order chi connectivity index (χ1) is 59.4. The Morgan fingerprint density at radius 2 is 0.734 bits per heavy atom. The number of esters is 3. The molecule has 16 rings (SSSR count). The number of carbonyl (C=O) groups is 7. The van der Waals surface area contributed by atoms with Gasteiger partial charge in [-0.1, -0.05) is 49.0 Å². The Labute approximate surface area is 740 Å². The number of rotatable bonds is 12. The fourth-order valence-electron chi connectivity index (χ4n) is 13.0. The van der Waals surface area contributed by atoms with Crippen molar-refractivity contribution < 1.29 is 47.8 Å². The van der Waals surface area contributed by atoms with Gasteiger partial charge in [0, 0.05) is 43.8 Å². The summed E-state index contributed by atoms with van der Waals surface area (Å²) in [6, 6.07) is 8.13. The first-order valence-electron chi connectivity index (χ1n) is 38.1. The standard InChI is InChI=1S/2C16H18N6O2.C11H11N5O3.C10H10N6O2.C7H7BrN2O3.C7H8N2O3.C6H10O.C4H5N3.4CH4/c2*1-10-12-14(23)21-16(6-3-2-4-7-16)22(12)15(24)13(19-10)20-11-5-8-17-9-18-11;1-6-8(11(18)19-2)16-10(17)9(14-6)15-7-3-4-12-5-13-7;1-5-7(8(11)17)16-10(18)9(14-5)15-6-2-3-12-4-13-6;1-3-4(7(12)13-2)10-6(11)5(8)9-3;1-4-6(7(11)12-2)9-5(10)3-8-4;7-6-4-2-1-3-5-6;5-4-1-2-6-3-7-4;;;;/h2*5,8-9H,2-4,6-7H2,1H3,(H,21,23)(H,17,18,19,20);3-5H,1-2H3,(H,16,17)(H,12,13,14,15);2-4H,1H3,(H2,11,17)(H,16,18)(H,12,13,14,15);1-2H3,(H,10,11);3H,1-2H3,(H,9,10);1-5H2;1-3H,(H2,5,6,7);4*1H4. The average molecular weight is 1830 g/mol. The number of fused-ring (bicyclic) bond motifs is 4. The molecule has 680 valence electrons. The molecule has 3 saturated carbocycles. The van der Waals surface area contributed by atoms with Gasteiger partial charge in [-0.25, -0.2) is 89.1 Å². The molecule has 3 amide bonds. The molecule has 2 aliphatic heterocycles. The number of Topliss-reactive ketones (excluding diaryl/α,β-unsaturated/α-hetero) is 1. The second-order valence-electron chi connectivity index (χ2n) is 27.4. The first-order valence-corrected chi connectivity index (χ1v) is 38.9. The van der Waals surface area contributed by atoms with Crippen LogP contribution in [0.1, 0.15) is 223 Å². The topological polar surface area (TPSA) is 653 Å². The molecule has 5 aliphatic rings. The van der Waals surface area contributed by atoms with Crippen LogP contribution in [0.5, 0.6) is 0 Å². The molecule has 2 spiro atoms. The minimum atomic E-state index is -0.731. The minimum absolute atomic E-state index is 0. The molecule has 0 atom stereocenters. The fourth-order valence-corrected chi connectivity index (χ4v) is 13.3. The molecule has 11 aromatic heterocycles. The van der Waals surface area contributed by atoms with Gasteiger partial charge in [0.25, 0.3) is 51.1 Å². The lowest BCUT2D eigenvalue weighted by Crippen LogP contribution is -2.49. The first kappa shape index (κ1) is 103. The van der Waals surface area contributed by atoms with E-state index < -0.39 is 57.4 Å². The van der Waals surface area contributed by atoms with Gasteiger partial charge in [-0.15, -0.1) is 0 Å². The highest BCUT2D eigenvalue weighted by molar-refractivity contribution is 9.10. The third-order valence-corrected chi connectivity index (χ3v) is 19.4. The number of ether oxygens (including phenoxy) is 3. The van der Waals surface area contributed by atoms with Crippen molar-refractivity contribution in [1.82, 2.24) is 119 Å². The summed E-state index contributed by atoms with van der Waals surface area (Å²) in [6.07, 6.45) is 30.3. The summed E-state index contributed by atoms with van der Waals surface area (Å²) in [7, 11) is 3.71. The lowest BCUT2D eigenvalue weighted by Gasteiger charge is -2.35. The zero-order valence-electron chi connectivity index (χ0n) is 68.5. The van der Waals surface area contributed by atoms with Gasteiger partial charge in [-0.3, -0.25) is 62.1 Å². The summed E-state index contributed by atoms with van der Waals surface area (Å²) in [5.41, 5.74) is 10.1. The van der Waals surface area contributed by atoms with Gasteiger partial charge in [0.1, 0.15) is 112 Å². The maximum absolute atomic E-state index is 13.0. The van der Waals surface area contributed by atoms with Crippen molar-refractivity contribution in [2.45, 2.75) is 179 Å². The number of carbonyl (C=O) groups excluding carboxylic acids is 7. The van der Waals surface area contributed by atoms with E-state index in [0.717, 1.165) is 96.1 Å². The maximum atomic E-state index is 13.0. The van der Waals surface area contributed by atoms with Crippen molar-refractivity contribution in [2.75, 3.05) is 48.3 Å². The molecule has 3 fully saturated rings. The number of amides is 3. The molecule has 11 aromatic rings. The molecule has 128 heavy (non-hydrogen) atoms. The van der Waals surface area contributed by atoms with Gasteiger partial charge in [-0.2, -0.15) is 0 Å². The average Bonchev–Trinajstić information content (AvgIpc) is 1.58. The third kappa shape index (κ3) is 27.1. The molecule has 47 heteroatoms. The molecule has 46 nitrogen and oxygen atoms in total. The maximum Gasteiger partial charge on any atom is 0.356 e. The number of aromatic amines is 4. The van der Waals surface area contributed by atoms with Crippen molar-refractivity contribution in [3.63, 3.8) is 0 Å². The van der Waals surface area contributed by atoms with Crippen LogP contribution in [0.4, 0.5) is 52.4 Å². The fraction of sp³-hybridized carbons (Fsp3) is 0.370. The summed E-state index contributed by atoms with van der Waals surface area (Å²) >= 11 is 2.94. The van der Waals surface area contributed by atoms with E-state index in [-0.39, 0.29) is 103 Å². The second-order valence-corrected chi connectivity index (χ2v) is 28.1. The van der Waals surface area contributed by atoms with E-state index in [1.165, 1.54) is 71.8 Å². The number of nitrogens with one attached hydrogen (secondary N) is 10. The van der Waals surface area contributed by atoms with Crippen LogP contribution in [0, 0.1) is 41.5 Å². The normalized spacial score (nSPS) is 13.3. The van der Waals surface area contributed by atoms with Crippen LogP contribution in [0.15, 0.2) is 133 Å². The highest BCUT2D eigenvalue weighted by Crippen LogP contribution is 2.39. The lowest BCUT2D eigenvalue weighted by molar-refractivity contribution is -0.120. The number of aromatic nitrogens is 22. The summed E-state index contributed by atoms with van der Waals surface area (Å²) in [4.78, 5) is 223. The highest BCUT2D eigenvalue weighted by Gasteiger charge is 2.47.